The van der Waals surface area contributed by atoms with Gasteiger partial charge in [0.05, 0.1) is 20.8 Å². The maximum absolute atomic E-state index is 12.8. The van der Waals surface area contributed by atoms with Crippen LogP contribution in [0.4, 0.5) is 0 Å². The van der Waals surface area contributed by atoms with Crippen molar-refractivity contribution >= 4 is 11.0 Å². The molecule has 1 aliphatic rings. The van der Waals surface area contributed by atoms with Gasteiger partial charge in [-0.15, -0.1) is 0 Å². The molecule has 4 atom stereocenters. The van der Waals surface area contributed by atoms with Crippen molar-refractivity contribution in [2.75, 3.05) is 20.8 Å². The van der Waals surface area contributed by atoms with Crippen molar-refractivity contribution in [3.05, 3.63) is 40.6 Å². The molecule has 4 rings (SSSR count). The molecule has 0 radical (unpaired) electrons. The highest BCUT2D eigenvalue weighted by molar-refractivity contribution is 5.88. The Balaban J connectivity index is 1.78. The zero-order valence-electron chi connectivity index (χ0n) is 17.6. The predicted octanol–water partition coefficient (Wildman–Crippen LogP) is 0.706. The molecule has 1 saturated heterocycles. The Morgan fingerprint density at radius 2 is 1.70 bits per heavy atom. The van der Waals surface area contributed by atoms with Gasteiger partial charge in [0.2, 0.25) is 17.5 Å². The van der Waals surface area contributed by atoms with Gasteiger partial charge in [0.15, 0.2) is 17.3 Å². The molecule has 176 valence electrons. The first-order chi connectivity index (χ1) is 15.7. The summed E-state index contributed by atoms with van der Waals surface area (Å²) in [6.45, 7) is -0.283. The fourth-order valence-corrected chi connectivity index (χ4v) is 3.52. The van der Waals surface area contributed by atoms with E-state index < -0.39 is 41.5 Å². The quantitative estimate of drug-likeness (QED) is 0.362. The van der Waals surface area contributed by atoms with E-state index in [0.29, 0.717) is 17.1 Å². The lowest BCUT2D eigenvalue weighted by Crippen LogP contribution is -2.54. The Morgan fingerprint density at radius 3 is 2.39 bits per heavy atom. The summed E-state index contributed by atoms with van der Waals surface area (Å²) in [4.78, 5) is 12.8. The van der Waals surface area contributed by atoms with Crippen LogP contribution in [0.5, 0.6) is 28.7 Å². The van der Waals surface area contributed by atoms with Crippen molar-refractivity contribution in [3.8, 4) is 40.1 Å². The van der Waals surface area contributed by atoms with Crippen molar-refractivity contribution in [3.63, 3.8) is 0 Å². The SMILES string of the molecule is COc1ccc(-c2oc3cc(OC4OCC(O)C(O)C4O)cc(O)c3c(=O)c2O)cc1OC. The summed E-state index contributed by atoms with van der Waals surface area (Å²) in [7, 11) is 2.89. The number of methoxy groups -OCH3 is 2. The maximum atomic E-state index is 12.8. The number of fused-ring (bicyclic) bond motifs is 1. The first-order valence-corrected chi connectivity index (χ1v) is 9.82. The zero-order chi connectivity index (χ0) is 23.9. The molecule has 33 heavy (non-hydrogen) atoms. The van der Waals surface area contributed by atoms with Crippen LogP contribution in [0, 0.1) is 0 Å². The number of hydrogen-bond acceptors (Lipinski definition) is 11. The van der Waals surface area contributed by atoms with Crippen LogP contribution in [0.25, 0.3) is 22.3 Å². The third-order valence-electron chi connectivity index (χ3n) is 5.28. The average Bonchev–Trinajstić information content (AvgIpc) is 2.81. The molecule has 1 aliphatic heterocycles. The van der Waals surface area contributed by atoms with E-state index in [0.717, 1.165) is 6.07 Å². The van der Waals surface area contributed by atoms with E-state index in [1.807, 2.05) is 0 Å². The molecule has 1 fully saturated rings. The van der Waals surface area contributed by atoms with Gasteiger partial charge in [0.25, 0.3) is 0 Å². The molecule has 0 bridgehead atoms. The normalized spacial score (nSPS) is 22.8. The second-order valence-electron chi connectivity index (χ2n) is 7.36. The summed E-state index contributed by atoms with van der Waals surface area (Å²) in [5, 5.41) is 50.0. The van der Waals surface area contributed by atoms with E-state index in [2.05, 4.69) is 0 Å². The van der Waals surface area contributed by atoms with Gasteiger partial charge in [-0.1, -0.05) is 0 Å². The van der Waals surface area contributed by atoms with Crippen LogP contribution in [-0.2, 0) is 4.74 Å². The Labute approximate surface area is 186 Å². The highest BCUT2D eigenvalue weighted by Gasteiger charge is 2.39. The Kier molecular flexibility index (Phi) is 6.04. The summed E-state index contributed by atoms with van der Waals surface area (Å²) in [5.41, 5.74) is -0.695. The first-order valence-electron chi connectivity index (χ1n) is 9.82. The van der Waals surface area contributed by atoms with Gasteiger partial charge in [-0.25, -0.2) is 0 Å². The second kappa shape index (κ2) is 8.79. The number of aromatic hydroxyl groups is 2. The first kappa shape index (κ1) is 22.7. The summed E-state index contributed by atoms with van der Waals surface area (Å²) >= 11 is 0. The lowest BCUT2D eigenvalue weighted by Gasteiger charge is -2.34. The number of aliphatic hydroxyl groups is 3. The topological polar surface area (TPSA) is 168 Å². The molecule has 11 heteroatoms. The number of aliphatic hydroxyl groups excluding tert-OH is 3. The van der Waals surface area contributed by atoms with E-state index in [-0.39, 0.29) is 29.1 Å². The Hall–Kier alpha value is -3.51. The molecule has 2 heterocycles. The van der Waals surface area contributed by atoms with Gasteiger partial charge < -0.3 is 48.9 Å². The highest BCUT2D eigenvalue weighted by atomic mass is 16.7. The van der Waals surface area contributed by atoms with E-state index in [9.17, 15) is 30.3 Å². The maximum Gasteiger partial charge on any atom is 0.238 e. The standard InChI is InChI=1S/C22H22O11/c1-29-13-4-3-9(5-14(13)30-2)21-19(27)18(26)16-11(23)6-10(7-15(16)33-21)32-22-20(28)17(25)12(24)8-31-22/h3-7,12,17,20,22-25,27-28H,8H2,1-2H3. The van der Waals surface area contributed by atoms with Crippen LogP contribution in [0.2, 0.25) is 0 Å². The Morgan fingerprint density at radius 1 is 0.970 bits per heavy atom. The van der Waals surface area contributed by atoms with E-state index in [1.165, 1.54) is 26.4 Å². The number of benzene rings is 2. The number of hydrogen-bond donors (Lipinski definition) is 5. The van der Waals surface area contributed by atoms with Crippen molar-refractivity contribution in [1.82, 2.24) is 0 Å². The minimum absolute atomic E-state index is 0.0558. The van der Waals surface area contributed by atoms with Crippen LogP contribution in [0.1, 0.15) is 0 Å². The zero-order valence-corrected chi connectivity index (χ0v) is 17.6. The minimum Gasteiger partial charge on any atom is -0.507 e. The number of rotatable bonds is 5. The van der Waals surface area contributed by atoms with Crippen LogP contribution < -0.4 is 19.6 Å². The molecule has 3 aromatic rings. The third kappa shape index (κ3) is 4.02. The highest BCUT2D eigenvalue weighted by Crippen LogP contribution is 2.38. The summed E-state index contributed by atoms with van der Waals surface area (Å²) in [6, 6.07) is 6.94. The van der Waals surface area contributed by atoms with Gasteiger partial charge in [-0.05, 0) is 18.2 Å². The fourth-order valence-electron chi connectivity index (χ4n) is 3.52. The van der Waals surface area contributed by atoms with Crippen molar-refractivity contribution in [2.45, 2.75) is 24.6 Å². The second-order valence-corrected chi connectivity index (χ2v) is 7.36. The molecule has 0 saturated carbocycles. The molecule has 2 aromatic carbocycles. The summed E-state index contributed by atoms with van der Waals surface area (Å²) in [5.74, 6) is -0.743. The van der Waals surface area contributed by atoms with Crippen LogP contribution in [-0.4, -0.2) is 71.0 Å². The lowest BCUT2D eigenvalue weighted by atomic mass is 10.1. The van der Waals surface area contributed by atoms with Crippen LogP contribution in [0.3, 0.4) is 0 Å². The van der Waals surface area contributed by atoms with Gasteiger partial charge in [0.1, 0.15) is 40.8 Å². The van der Waals surface area contributed by atoms with E-state index >= 15 is 0 Å². The van der Waals surface area contributed by atoms with E-state index in [1.54, 1.807) is 12.1 Å². The number of phenols is 1. The molecule has 0 amide bonds. The molecular formula is C22H22O11. The van der Waals surface area contributed by atoms with Crippen molar-refractivity contribution in [1.29, 1.82) is 0 Å². The summed E-state index contributed by atoms with van der Waals surface area (Å²) < 4.78 is 26.8. The molecule has 0 aliphatic carbocycles. The molecule has 0 spiro atoms. The molecular weight excluding hydrogens is 440 g/mol. The van der Waals surface area contributed by atoms with Crippen molar-refractivity contribution in [2.24, 2.45) is 0 Å². The van der Waals surface area contributed by atoms with Crippen molar-refractivity contribution < 1.29 is 48.9 Å². The smallest absolute Gasteiger partial charge is 0.238 e. The van der Waals surface area contributed by atoms with E-state index in [4.69, 9.17) is 23.4 Å². The van der Waals surface area contributed by atoms with Gasteiger partial charge in [-0.3, -0.25) is 4.79 Å². The molecule has 11 nitrogen and oxygen atoms in total. The Bertz CT molecular complexity index is 1240. The predicted molar refractivity (Wildman–Crippen MR) is 113 cm³/mol. The largest absolute Gasteiger partial charge is 0.507 e. The van der Waals surface area contributed by atoms with Gasteiger partial charge in [-0.2, -0.15) is 0 Å². The molecule has 1 aromatic heterocycles. The lowest BCUT2D eigenvalue weighted by molar-refractivity contribution is -0.242. The van der Waals surface area contributed by atoms with Crippen LogP contribution >= 0.6 is 0 Å². The van der Waals surface area contributed by atoms with Crippen LogP contribution in [0.15, 0.2) is 39.5 Å². The fraction of sp³-hybridized carbons (Fsp3) is 0.318. The third-order valence-corrected chi connectivity index (χ3v) is 5.28. The molecule has 5 N–H and O–H groups in total. The van der Waals surface area contributed by atoms with Gasteiger partial charge >= 0.3 is 0 Å². The minimum atomic E-state index is -1.57. The molecule has 4 unspecified atom stereocenters. The summed E-state index contributed by atoms with van der Waals surface area (Å²) in [6.07, 6.45) is -5.70. The number of ether oxygens (including phenoxy) is 4. The van der Waals surface area contributed by atoms with Gasteiger partial charge in [0, 0.05) is 17.7 Å². The average molecular weight is 462 g/mol. The number of phenolic OH excluding ortho intramolecular Hbond substituents is 1. The monoisotopic (exact) mass is 462 g/mol.